The van der Waals surface area contributed by atoms with Crippen molar-refractivity contribution in [3.8, 4) is 5.75 Å². The van der Waals surface area contributed by atoms with Crippen LogP contribution in [0.15, 0.2) is 42.5 Å². The van der Waals surface area contributed by atoms with Crippen molar-refractivity contribution in [2.24, 2.45) is 0 Å². The lowest BCUT2D eigenvalue weighted by molar-refractivity contribution is 0.306. The van der Waals surface area contributed by atoms with Crippen LogP contribution in [0.25, 0.3) is 0 Å². The Kier molecular flexibility index (Phi) is 4.05. The van der Waals surface area contributed by atoms with Gasteiger partial charge in [0.15, 0.2) is 0 Å². The maximum Gasteiger partial charge on any atom is 0.125 e. The number of nitrogens with two attached hydrogens (primary N) is 1. The van der Waals surface area contributed by atoms with Gasteiger partial charge < -0.3 is 10.5 Å². The minimum absolute atomic E-state index is 0.331. The predicted molar refractivity (Wildman–Crippen MR) is 75.7 cm³/mol. The summed E-state index contributed by atoms with van der Waals surface area (Å²) in [6.45, 7) is 4.64. The number of anilines is 1. The first-order chi connectivity index (χ1) is 9.06. The van der Waals surface area contributed by atoms with Gasteiger partial charge in [-0.05, 0) is 35.7 Å². The van der Waals surface area contributed by atoms with Crippen molar-refractivity contribution < 1.29 is 9.13 Å². The summed E-state index contributed by atoms with van der Waals surface area (Å²) in [5.74, 6) is 0.956. The molecule has 100 valence electrons. The molecule has 2 N–H and O–H groups in total. The second-order valence-electron chi connectivity index (χ2n) is 4.86. The molecule has 2 rings (SSSR count). The zero-order valence-electron chi connectivity index (χ0n) is 11.2. The van der Waals surface area contributed by atoms with Crippen LogP contribution < -0.4 is 10.5 Å². The molecule has 0 aromatic heterocycles. The molecule has 0 radical (unpaired) electrons. The number of rotatable bonds is 4. The van der Waals surface area contributed by atoms with Gasteiger partial charge >= 0.3 is 0 Å². The highest BCUT2D eigenvalue weighted by atomic mass is 19.1. The molecule has 0 aliphatic heterocycles. The number of ether oxygens (including phenoxy) is 1. The van der Waals surface area contributed by atoms with Gasteiger partial charge in [0.2, 0.25) is 0 Å². The zero-order chi connectivity index (χ0) is 13.8. The van der Waals surface area contributed by atoms with Crippen LogP contribution in [0.4, 0.5) is 10.1 Å². The lowest BCUT2D eigenvalue weighted by atomic mass is 10.0. The van der Waals surface area contributed by atoms with Crippen molar-refractivity contribution in [1.82, 2.24) is 0 Å². The van der Waals surface area contributed by atoms with E-state index in [1.165, 1.54) is 17.7 Å². The SMILES string of the molecule is CC(C)c1ccc(OCc2ccc(F)cc2N)cc1. The molecule has 0 heterocycles. The van der Waals surface area contributed by atoms with E-state index in [2.05, 4.69) is 13.8 Å². The van der Waals surface area contributed by atoms with Gasteiger partial charge in [-0.3, -0.25) is 0 Å². The van der Waals surface area contributed by atoms with Crippen LogP contribution in [0, 0.1) is 5.82 Å². The number of benzene rings is 2. The third-order valence-electron chi connectivity index (χ3n) is 3.05. The minimum atomic E-state index is -0.331. The molecule has 0 saturated heterocycles. The van der Waals surface area contributed by atoms with E-state index in [0.717, 1.165) is 11.3 Å². The van der Waals surface area contributed by atoms with Gasteiger partial charge in [0.05, 0.1) is 0 Å². The van der Waals surface area contributed by atoms with Gasteiger partial charge in [-0.2, -0.15) is 0 Å². The zero-order valence-corrected chi connectivity index (χ0v) is 11.2. The van der Waals surface area contributed by atoms with E-state index in [9.17, 15) is 4.39 Å². The van der Waals surface area contributed by atoms with Crippen molar-refractivity contribution >= 4 is 5.69 Å². The van der Waals surface area contributed by atoms with E-state index in [1.54, 1.807) is 6.07 Å². The normalized spacial score (nSPS) is 10.7. The maximum absolute atomic E-state index is 12.9. The molecule has 0 aliphatic rings. The van der Waals surface area contributed by atoms with Gasteiger partial charge in [0.1, 0.15) is 18.2 Å². The Balaban J connectivity index is 2.02. The molecular weight excluding hydrogens is 241 g/mol. The van der Waals surface area contributed by atoms with Crippen molar-refractivity contribution in [1.29, 1.82) is 0 Å². The van der Waals surface area contributed by atoms with Crippen LogP contribution in [0.1, 0.15) is 30.9 Å². The highest BCUT2D eigenvalue weighted by Gasteiger charge is 2.03. The van der Waals surface area contributed by atoms with Crippen LogP contribution in [-0.4, -0.2) is 0 Å². The fourth-order valence-electron chi connectivity index (χ4n) is 1.81. The van der Waals surface area contributed by atoms with Gasteiger partial charge in [0.25, 0.3) is 0 Å². The summed E-state index contributed by atoms with van der Waals surface area (Å²) in [5.41, 5.74) is 8.20. The molecule has 0 unspecified atom stereocenters. The van der Waals surface area contributed by atoms with Gasteiger partial charge in [-0.1, -0.05) is 32.0 Å². The van der Waals surface area contributed by atoms with Gasteiger partial charge in [-0.15, -0.1) is 0 Å². The summed E-state index contributed by atoms with van der Waals surface area (Å²) in [5, 5.41) is 0. The molecule has 0 spiro atoms. The summed E-state index contributed by atoms with van der Waals surface area (Å²) < 4.78 is 18.6. The van der Waals surface area contributed by atoms with Crippen LogP contribution in [0.5, 0.6) is 5.75 Å². The Labute approximate surface area is 113 Å². The maximum atomic E-state index is 12.9. The molecule has 19 heavy (non-hydrogen) atoms. The summed E-state index contributed by atoms with van der Waals surface area (Å²) in [6.07, 6.45) is 0. The molecule has 0 atom stereocenters. The molecular formula is C16H18FNO. The standard InChI is InChI=1S/C16H18FNO/c1-11(2)12-4-7-15(8-5-12)19-10-13-3-6-14(17)9-16(13)18/h3-9,11H,10,18H2,1-2H3. The number of hydrogen-bond acceptors (Lipinski definition) is 2. The number of halogens is 1. The smallest absolute Gasteiger partial charge is 0.125 e. The Morgan fingerprint density at radius 1 is 1.11 bits per heavy atom. The number of nitrogen functional groups attached to an aromatic ring is 1. The molecule has 0 amide bonds. The van der Waals surface area contributed by atoms with E-state index in [1.807, 2.05) is 24.3 Å². The molecule has 2 aromatic rings. The summed E-state index contributed by atoms with van der Waals surface area (Å²) >= 11 is 0. The van der Waals surface area contributed by atoms with Crippen LogP contribution in [0.3, 0.4) is 0 Å². The quantitative estimate of drug-likeness (QED) is 0.839. The van der Waals surface area contributed by atoms with Crippen molar-refractivity contribution in [3.63, 3.8) is 0 Å². The molecule has 0 fully saturated rings. The summed E-state index contributed by atoms with van der Waals surface area (Å²) in [6, 6.07) is 12.3. The first-order valence-electron chi connectivity index (χ1n) is 6.33. The van der Waals surface area contributed by atoms with Crippen molar-refractivity contribution in [3.05, 3.63) is 59.4 Å². The van der Waals surface area contributed by atoms with E-state index in [-0.39, 0.29) is 5.82 Å². The fourth-order valence-corrected chi connectivity index (χ4v) is 1.81. The number of hydrogen-bond donors (Lipinski definition) is 1. The molecule has 0 bridgehead atoms. The molecule has 0 saturated carbocycles. The molecule has 0 aliphatic carbocycles. The molecule has 2 aromatic carbocycles. The van der Waals surface area contributed by atoms with Crippen molar-refractivity contribution in [2.45, 2.75) is 26.4 Å². The topological polar surface area (TPSA) is 35.2 Å². The summed E-state index contributed by atoms with van der Waals surface area (Å²) in [4.78, 5) is 0. The average Bonchev–Trinajstić information content (AvgIpc) is 2.38. The predicted octanol–water partition coefficient (Wildman–Crippen LogP) is 4.11. The van der Waals surface area contributed by atoms with Crippen LogP contribution >= 0.6 is 0 Å². The Bertz CT molecular complexity index is 549. The first-order valence-corrected chi connectivity index (χ1v) is 6.33. The van der Waals surface area contributed by atoms with E-state index < -0.39 is 0 Å². The average molecular weight is 259 g/mol. The first kappa shape index (κ1) is 13.4. The highest BCUT2D eigenvalue weighted by Crippen LogP contribution is 2.21. The second kappa shape index (κ2) is 5.74. The molecule has 3 heteroatoms. The Morgan fingerprint density at radius 3 is 2.37 bits per heavy atom. The van der Waals surface area contributed by atoms with Crippen LogP contribution in [-0.2, 0) is 6.61 Å². The van der Waals surface area contributed by atoms with Gasteiger partial charge in [-0.25, -0.2) is 4.39 Å². The third-order valence-corrected chi connectivity index (χ3v) is 3.05. The van der Waals surface area contributed by atoms with Gasteiger partial charge in [0, 0.05) is 11.3 Å². The lowest BCUT2D eigenvalue weighted by Crippen LogP contribution is -2.00. The third kappa shape index (κ3) is 3.47. The highest BCUT2D eigenvalue weighted by molar-refractivity contribution is 5.46. The van der Waals surface area contributed by atoms with E-state index in [0.29, 0.717) is 18.2 Å². The fraction of sp³-hybridized carbons (Fsp3) is 0.250. The Morgan fingerprint density at radius 2 is 1.79 bits per heavy atom. The Hall–Kier alpha value is -2.03. The van der Waals surface area contributed by atoms with Crippen LogP contribution in [0.2, 0.25) is 0 Å². The van der Waals surface area contributed by atoms with Crippen molar-refractivity contribution in [2.75, 3.05) is 5.73 Å². The van der Waals surface area contributed by atoms with E-state index >= 15 is 0 Å². The minimum Gasteiger partial charge on any atom is -0.489 e. The molecule has 2 nitrogen and oxygen atoms in total. The van der Waals surface area contributed by atoms with E-state index in [4.69, 9.17) is 10.5 Å². The summed E-state index contributed by atoms with van der Waals surface area (Å²) in [7, 11) is 0. The second-order valence-corrected chi connectivity index (χ2v) is 4.86. The largest absolute Gasteiger partial charge is 0.489 e. The lowest BCUT2D eigenvalue weighted by Gasteiger charge is -2.10. The monoisotopic (exact) mass is 259 g/mol.